The van der Waals surface area contributed by atoms with Crippen LogP contribution in [0.3, 0.4) is 0 Å². The lowest BCUT2D eigenvalue weighted by atomic mass is 10.0. The number of nitrogens with zero attached hydrogens (tertiary/aromatic N) is 1. The molecule has 0 fully saturated rings. The molecule has 0 atom stereocenters. The smallest absolute Gasteiger partial charge is 0.256 e. The number of pyridine rings is 1. The van der Waals surface area contributed by atoms with Gasteiger partial charge < -0.3 is 5.32 Å². The fraction of sp³-hybridized carbons (Fsp3) is 0. The number of carbonyl (C=O) groups is 1. The lowest BCUT2D eigenvalue weighted by molar-refractivity contribution is 0.102. The third kappa shape index (κ3) is 3.57. The fourth-order valence-corrected chi connectivity index (χ4v) is 3.03. The van der Waals surface area contributed by atoms with Crippen LogP contribution < -0.4 is 5.32 Å². The van der Waals surface area contributed by atoms with E-state index in [1.165, 1.54) is 6.07 Å². The summed E-state index contributed by atoms with van der Waals surface area (Å²) in [7, 11) is 0. The van der Waals surface area contributed by atoms with Gasteiger partial charge in [0.2, 0.25) is 0 Å². The Morgan fingerprint density at radius 2 is 1.64 bits per heavy atom. The lowest BCUT2D eigenvalue weighted by Gasteiger charge is -2.11. The number of hydrogen-bond donors (Lipinski definition) is 1. The summed E-state index contributed by atoms with van der Waals surface area (Å²) in [5, 5.41) is 3.86. The number of fused-ring (bicyclic) bond motifs is 1. The van der Waals surface area contributed by atoms with Crippen LogP contribution >= 0.6 is 11.6 Å². The molecule has 28 heavy (non-hydrogen) atoms. The molecule has 138 valence electrons. The molecule has 0 spiro atoms. The van der Waals surface area contributed by atoms with Gasteiger partial charge in [-0.1, -0.05) is 41.9 Å². The van der Waals surface area contributed by atoms with E-state index in [-0.39, 0.29) is 5.69 Å². The van der Waals surface area contributed by atoms with Crippen LogP contribution in [0.4, 0.5) is 14.5 Å². The minimum absolute atomic E-state index is 0.165. The highest BCUT2D eigenvalue weighted by Gasteiger charge is 2.15. The van der Waals surface area contributed by atoms with E-state index >= 15 is 0 Å². The van der Waals surface area contributed by atoms with E-state index in [1.807, 2.05) is 24.3 Å². The van der Waals surface area contributed by atoms with Crippen molar-refractivity contribution in [1.82, 2.24) is 4.98 Å². The van der Waals surface area contributed by atoms with Crippen LogP contribution in [0.2, 0.25) is 5.02 Å². The number of nitrogens with one attached hydrogen (secondary N) is 1. The summed E-state index contributed by atoms with van der Waals surface area (Å²) in [6.07, 6.45) is 0. The quantitative estimate of drug-likeness (QED) is 0.457. The Labute approximate surface area is 164 Å². The summed E-state index contributed by atoms with van der Waals surface area (Å²) in [5.41, 5.74) is 2.59. The Bertz CT molecular complexity index is 1190. The molecule has 6 heteroatoms. The first-order valence-corrected chi connectivity index (χ1v) is 8.81. The van der Waals surface area contributed by atoms with Crippen molar-refractivity contribution < 1.29 is 13.6 Å². The molecule has 0 aliphatic carbocycles. The predicted octanol–water partition coefficient (Wildman–Crippen LogP) is 6.09. The number of benzene rings is 3. The molecule has 4 aromatic rings. The number of rotatable bonds is 3. The zero-order valence-electron chi connectivity index (χ0n) is 14.4. The van der Waals surface area contributed by atoms with E-state index in [9.17, 15) is 13.6 Å². The first-order chi connectivity index (χ1) is 13.5. The monoisotopic (exact) mass is 394 g/mol. The summed E-state index contributed by atoms with van der Waals surface area (Å²) in [6, 6.07) is 19.2. The van der Waals surface area contributed by atoms with E-state index in [0.29, 0.717) is 27.2 Å². The molecule has 0 radical (unpaired) electrons. The molecule has 0 aliphatic rings. The molecular formula is C22H13ClF2N2O. The van der Waals surface area contributed by atoms with E-state index in [4.69, 9.17) is 11.6 Å². The second-order valence-corrected chi connectivity index (χ2v) is 6.60. The summed E-state index contributed by atoms with van der Waals surface area (Å²) in [5.74, 6) is -2.45. The van der Waals surface area contributed by atoms with Gasteiger partial charge in [-0.05, 0) is 36.4 Å². The average Bonchev–Trinajstić information content (AvgIpc) is 2.70. The van der Waals surface area contributed by atoms with Gasteiger partial charge in [0.15, 0.2) is 11.6 Å². The van der Waals surface area contributed by atoms with E-state index < -0.39 is 17.5 Å². The van der Waals surface area contributed by atoms with Crippen molar-refractivity contribution >= 4 is 34.1 Å². The highest BCUT2D eigenvalue weighted by molar-refractivity contribution is 6.30. The largest absolute Gasteiger partial charge is 0.322 e. The van der Waals surface area contributed by atoms with E-state index in [2.05, 4.69) is 10.3 Å². The van der Waals surface area contributed by atoms with Gasteiger partial charge in [-0.15, -0.1) is 0 Å². The van der Waals surface area contributed by atoms with Crippen molar-refractivity contribution in [3.05, 3.63) is 95.0 Å². The first-order valence-electron chi connectivity index (χ1n) is 8.43. The van der Waals surface area contributed by atoms with Crippen LogP contribution in [0.1, 0.15) is 10.4 Å². The molecule has 1 heterocycles. The maximum Gasteiger partial charge on any atom is 0.256 e. The third-order valence-electron chi connectivity index (χ3n) is 4.28. The maximum absolute atomic E-state index is 13.5. The Balaban J connectivity index is 1.79. The molecule has 3 nitrogen and oxygen atoms in total. The number of aromatic nitrogens is 1. The lowest BCUT2D eigenvalue weighted by Crippen LogP contribution is -2.13. The van der Waals surface area contributed by atoms with Gasteiger partial charge >= 0.3 is 0 Å². The highest BCUT2D eigenvalue weighted by atomic mass is 35.5. The zero-order valence-corrected chi connectivity index (χ0v) is 15.2. The Morgan fingerprint density at radius 3 is 2.39 bits per heavy atom. The van der Waals surface area contributed by atoms with Crippen molar-refractivity contribution in [1.29, 1.82) is 0 Å². The molecule has 4 rings (SSSR count). The molecule has 1 aromatic heterocycles. The maximum atomic E-state index is 13.5. The minimum atomic E-state index is -1.03. The molecule has 0 saturated heterocycles. The van der Waals surface area contributed by atoms with Gasteiger partial charge in [0, 0.05) is 27.7 Å². The first kappa shape index (κ1) is 18.1. The van der Waals surface area contributed by atoms with Crippen LogP contribution in [-0.4, -0.2) is 10.9 Å². The SMILES string of the molecule is O=C(Nc1ccc(F)c(F)c1)c1cc(-c2ccc(Cl)cc2)nc2ccccc12. The van der Waals surface area contributed by atoms with Crippen LogP contribution in [0.25, 0.3) is 22.2 Å². The van der Waals surface area contributed by atoms with Gasteiger partial charge in [0.1, 0.15) is 0 Å². The molecule has 3 aromatic carbocycles. The second-order valence-electron chi connectivity index (χ2n) is 6.16. The topological polar surface area (TPSA) is 42.0 Å². The average molecular weight is 395 g/mol. The Hall–Kier alpha value is -3.31. The normalized spacial score (nSPS) is 10.8. The standard InChI is InChI=1S/C22H13ClF2N2O/c23-14-7-5-13(6-8-14)21-12-17(16-3-1-2-4-20(16)27-21)22(28)26-15-9-10-18(24)19(25)11-15/h1-12H,(H,26,28). The molecule has 0 saturated carbocycles. The molecule has 0 unspecified atom stereocenters. The third-order valence-corrected chi connectivity index (χ3v) is 4.53. The summed E-state index contributed by atoms with van der Waals surface area (Å²) < 4.78 is 26.6. The zero-order chi connectivity index (χ0) is 19.7. The highest BCUT2D eigenvalue weighted by Crippen LogP contribution is 2.26. The Kier molecular flexibility index (Phi) is 4.75. The number of anilines is 1. The second kappa shape index (κ2) is 7.37. The molecule has 0 bridgehead atoms. The van der Waals surface area contributed by atoms with Gasteiger partial charge in [-0.25, -0.2) is 13.8 Å². The van der Waals surface area contributed by atoms with Gasteiger partial charge in [0.25, 0.3) is 5.91 Å². The van der Waals surface area contributed by atoms with Crippen molar-refractivity contribution in [2.75, 3.05) is 5.32 Å². The van der Waals surface area contributed by atoms with Crippen molar-refractivity contribution in [2.24, 2.45) is 0 Å². The number of hydrogen-bond acceptors (Lipinski definition) is 2. The molecular weight excluding hydrogens is 382 g/mol. The van der Waals surface area contributed by atoms with Gasteiger partial charge in [-0.2, -0.15) is 0 Å². The number of para-hydroxylation sites is 1. The van der Waals surface area contributed by atoms with Gasteiger partial charge in [0.05, 0.1) is 16.8 Å². The summed E-state index contributed by atoms with van der Waals surface area (Å²) in [4.78, 5) is 17.5. The number of carbonyl (C=O) groups excluding carboxylic acids is 1. The number of amides is 1. The Morgan fingerprint density at radius 1 is 0.893 bits per heavy atom. The van der Waals surface area contributed by atoms with E-state index in [0.717, 1.165) is 17.7 Å². The van der Waals surface area contributed by atoms with Crippen LogP contribution in [0.15, 0.2) is 72.8 Å². The van der Waals surface area contributed by atoms with Gasteiger partial charge in [-0.3, -0.25) is 4.79 Å². The van der Waals surface area contributed by atoms with Crippen LogP contribution in [0.5, 0.6) is 0 Å². The van der Waals surface area contributed by atoms with E-state index in [1.54, 1.807) is 30.3 Å². The van der Waals surface area contributed by atoms with Crippen molar-refractivity contribution in [2.45, 2.75) is 0 Å². The van der Waals surface area contributed by atoms with Crippen LogP contribution in [0, 0.1) is 11.6 Å². The number of halogens is 3. The fourth-order valence-electron chi connectivity index (χ4n) is 2.90. The molecule has 1 amide bonds. The predicted molar refractivity (Wildman–Crippen MR) is 107 cm³/mol. The summed E-state index contributed by atoms with van der Waals surface area (Å²) >= 11 is 5.95. The summed E-state index contributed by atoms with van der Waals surface area (Å²) in [6.45, 7) is 0. The van der Waals surface area contributed by atoms with Crippen molar-refractivity contribution in [3.63, 3.8) is 0 Å². The molecule has 0 aliphatic heterocycles. The molecule has 1 N–H and O–H groups in total. The van der Waals surface area contributed by atoms with Crippen molar-refractivity contribution in [3.8, 4) is 11.3 Å². The minimum Gasteiger partial charge on any atom is -0.322 e. The van der Waals surface area contributed by atoms with Crippen LogP contribution in [-0.2, 0) is 0 Å².